The van der Waals surface area contributed by atoms with E-state index in [2.05, 4.69) is 61.6 Å². The molecular weight excluding hydrogens is 806 g/mol. The highest BCUT2D eigenvalue weighted by molar-refractivity contribution is 9.13. The fraction of sp³-hybridized carbons (Fsp3) is 0.424. The van der Waals surface area contributed by atoms with Gasteiger partial charge in [-0.05, 0) is 79.7 Å². The summed E-state index contributed by atoms with van der Waals surface area (Å²) in [5.74, 6) is -1.64. The Kier molecular flexibility index (Phi) is 13.5. The van der Waals surface area contributed by atoms with Crippen molar-refractivity contribution < 1.29 is 30.9 Å². The predicted molar refractivity (Wildman–Crippen MR) is 194 cm³/mol. The van der Waals surface area contributed by atoms with Crippen LogP contribution < -0.4 is 10.2 Å². The van der Waals surface area contributed by atoms with Crippen LogP contribution in [0.3, 0.4) is 0 Å². The highest BCUT2D eigenvalue weighted by Crippen LogP contribution is 2.35. The van der Waals surface area contributed by atoms with E-state index in [0.29, 0.717) is 33.5 Å². The van der Waals surface area contributed by atoms with Crippen molar-refractivity contribution in [2.75, 3.05) is 19.5 Å². The van der Waals surface area contributed by atoms with E-state index in [1.54, 1.807) is 4.57 Å². The second-order valence-electron chi connectivity index (χ2n) is 12.8. The second-order valence-corrected chi connectivity index (χ2v) is 21.5. The normalized spacial score (nSPS) is 12.9. The van der Waals surface area contributed by atoms with Crippen molar-refractivity contribution >= 4 is 50.1 Å². The maximum absolute atomic E-state index is 14.0. The van der Waals surface area contributed by atoms with Gasteiger partial charge in [0.2, 0.25) is 0 Å². The lowest BCUT2D eigenvalue weighted by molar-refractivity contribution is 0.0767. The van der Waals surface area contributed by atoms with Gasteiger partial charge in [0.15, 0.2) is 17.3 Å². The molecule has 0 aliphatic heterocycles. The standard InChI is InChI=1S/C33H40Br2F2N4O6SSi/c1-6-7-16-46-27-19-40(21-45-17-18-49(3,4)5)39-29(30(27)42)33-38-31(34)32(35)41(33)20-26(47-48(2,43)44)28(22-8-12-24(36)13-9-22)23-10-14-25(37)15-11-23/h8-15,19,26,28H,6-7,16-18,20-21H2,1-5H3/t26-/m0/s1. The number of ether oxygens (including phenoxy) is 2. The van der Waals surface area contributed by atoms with Crippen molar-refractivity contribution in [2.24, 2.45) is 0 Å². The molecule has 266 valence electrons. The van der Waals surface area contributed by atoms with Gasteiger partial charge in [0, 0.05) is 20.6 Å². The fourth-order valence-electron chi connectivity index (χ4n) is 5.00. The summed E-state index contributed by atoms with van der Waals surface area (Å²) in [6.45, 7) is 9.47. The van der Waals surface area contributed by atoms with E-state index in [0.717, 1.165) is 25.1 Å². The predicted octanol–water partition coefficient (Wildman–Crippen LogP) is 7.58. The third-order valence-electron chi connectivity index (χ3n) is 7.48. The van der Waals surface area contributed by atoms with Gasteiger partial charge >= 0.3 is 0 Å². The Labute approximate surface area is 303 Å². The minimum atomic E-state index is -4.09. The molecule has 0 aliphatic carbocycles. The Balaban J connectivity index is 1.84. The first-order chi connectivity index (χ1) is 23.1. The van der Waals surface area contributed by atoms with Gasteiger partial charge in [0.25, 0.3) is 15.5 Å². The first-order valence-corrected chi connectivity index (χ1v) is 22.8. The average molecular weight is 847 g/mol. The van der Waals surface area contributed by atoms with Crippen LogP contribution in [0.1, 0.15) is 36.8 Å². The first kappa shape index (κ1) is 39.0. The molecule has 0 amide bonds. The Morgan fingerprint density at radius 1 is 0.959 bits per heavy atom. The van der Waals surface area contributed by atoms with Crippen LogP contribution in [0.5, 0.6) is 5.75 Å². The van der Waals surface area contributed by atoms with E-state index < -0.39 is 47.3 Å². The second kappa shape index (κ2) is 17.0. The maximum atomic E-state index is 14.0. The monoisotopic (exact) mass is 844 g/mol. The van der Waals surface area contributed by atoms with Crippen LogP contribution in [-0.4, -0.2) is 61.4 Å². The molecule has 0 saturated heterocycles. The van der Waals surface area contributed by atoms with Gasteiger partial charge in [-0.1, -0.05) is 57.3 Å². The number of nitrogens with zero attached hydrogens (tertiary/aromatic N) is 4. The molecule has 2 heterocycles. The lowest BCUT2D eigenvalue weighted by Crippen LogP contribution is -2.31. The molecule has 0 aliphatic rings. The van der Waals surface area contributed by atoms with Crippen LogP contribution in [0.2, 0.25) is 25.7 Å². The van der Waals surface area contributed by atoms with Crippen LogP contribution in [0.15, 0.2) is 68.7 Å². The largest absolute Gasteiger partial charge is 0.488 e. The van der Waals surface area contributed by atoms with Crippen LogP contribution in [0, 0.1) is 11.6 Å². The van der Waals surface area contributed by atoms with E-state index in [9.17, 15) is 22.0 Å². The number of rotatable bonds is 17. The molecule has 0 bridgehead atoms. The summed E-state index contributed by atoms with van der Waals surface area (Å²) >= 11 is 6.96. The molecule has 0 radical (unpaired) electrons. The smallest absolute Gasteiger partial charge is 0.264 e. The molecule has 0 saturated carbocycles. The van der Waals surface area contributed by atoms with Gasteiger partial charge < -0.3 is 14.0 Å². The van der Waals surface area contributed by atoms with Crippen molar-refractivity contribution in [3.63, 3.8) is 0 Å². The van der Waals surface area contributed by atoms with Crippen molar-refractivity contribution in [2.45, 2.75) is 70.7 Å². The molecule has 0 fully saturated rings. The van der Waals surface area contributed by atoms with Gasteiger partial charge in [-0.15, -0.1) is 0 Å². The zero-order chi connectivity index (χ0) is 35.9. The minimum absolute atomic E-state index is 0.0575. The Bertz CT molecular complexity index is 1840. The molecule has 1 atom stereocenters. The van der Waals surface area contributed by atoms with Crippen molar-refractivity contribution in [3.05, 3.63) is 96.9 Å². The number of halogens is 4. The van der Waals surface area contributed by atoms with Crippen molar-refractivity contribution in [1.29, 1.82) is 0 Å². The summed E-state index contributed by atoms with van der Waals surface area (Å²) in [5, 5.41) is 4.59. The number of aromatic nitrogens is 4. The Morgan fingerprint density at radius 3 is 2.08 bits per heavy atom. The summed E-state index contributed by atoms with van der Waals surface area (Å²) in [5.41, 5.74) is 0.448. The highest BCUT2D eigenvalue weighted by atomic mass is 79.9. The minimum Gasteiger partial charge on any atom is -0.488 e. The summed E-state index contributed by atoms with van der Waals surface area (Å²) in [7, 11) is -5.44. The summed E-state index contributed by atoms with van der Waals surface area (Å²) in [6, 6.07) is 12.0. The lowest BCUT2D eigenvalue weighted by Gasteiger charge is -2.28. The zero-order valence-electron chi connectivity index (χ0n) is 28.0. The number of unbranched alkanes of at least 4 members (excludes halogenated alkanes) is 1. The summed E-state index contributed by atoms with van der Waals surface area (Å²) < 4.78 is 74.8. The molecule has 16 heteroatoms. The third kappa shape index (κ3) is 11.1. The van der Waals surface area contributed by atoms with Crippen molar-refractivity contribution in [1.82, 2.24) is 19.3 Å². The number of hydrogen-bond donors (Lipinski definition) is 0. The summed E-state index contributed by atoms with van der Waals surface area (Å²) in [6.07, 6.45) is 2.83. The first-order valence-electron chi connectivity index (χ1n) is 15.7. The van der Waals surface area contributed by atoms with Crippen LogP contribution in [0.4, 0.5) is 8.78 Å². The quantitative estimate of drug-likeness (QED) is 0.0608. The molecule has 2 aromatic heterocycles. The van der Waals surface area contributed by atoms with Crippen LogP contribution in [0.25, 0.3) is 11.5 Å². The van der Waals surface area contributed by atoms with E-state index in [1.165, 1.54) is 59.4 Å². The average Bonchev–Trinajstić information content (AvgIpc) is 3.29. The van der Waals surface area contributed by atoms with E-state index in [4.69, 9.17) is 13.7 Å². The third-order valence-corrected chi connectivity index (χ3v) is 11.7. The van der Waals surface area contributed by atoms with Gasteiger partial charge in [-0.3, -0.25) is 8.98 Å². The topological polar surface area (TPSA) is 115 Å². The molecule has 4 aromatic rings. The van der Waals surface area contributed by atoms with Crippen LogP contribution in [-0.2, 0) is 32.3 Å². The molecule has 2 aromatic carbocycles. The van der Waals surface area contributed by atoms with Gasteiger partial charge in [-0.25, -0.2) is 18.4 Å². The van der Waals surface area contributed by atoms with Crippen molar-refractivity contribution in [3.8, 4) is 17.3 Å². The van der Waals surface area contributed by atoms with Gasteiger partial charge in [0.05, 0.1) is 25.6 Å². The number of hydrogen-bond acceptors (Lipinski definition) is 8. The molecule has 0 N–H and O–H groups in total. The Hall–Kier alpha value is -2.76. The fourth-order valence-corrected chi connectivity index (χ4v) is 7.16. The van der Waals surface area contributed by atoms with E-state index >= 15 is 0 Å². The highest BCUT2D eigenvalue weighted by Gasteiger charge is 2.33. The SMILES string of the molecule is CCCCOc1cn(COCC[Si](C)(C)C)nc(-c2nc(Br)c(Br)n2C[C@H](OS(C)(=O)=O)C(c2ccc(F)cc2)c2ccc(F)cc2)c1=O. The number of benzene rings is 2. The lowest BCUT2D eigenvalue weighted by atomic mass is 9.86. The Morgan fingerprint density at radius 2 is 1.55 bits per heavy atom. The number of imidazole rings is 1. The zero-order valence-corrected chi connectivity index (χ0v) is 32.9. The van der Waals surface area contributed by atoms with E-state index in [-0.39, 0.29) is 30.5 Å². The molecular formula is C33H40Br2F2N4O6SSi. The molecule has 0 spiro atoms. The van der Waals surface area contributed by atoms with E-state index in [1.807, 2.05) is 6.92 Å². The molecule has 49 heavy (non-hydrogen) atoms. The molecule has 10 nitrogen and oxygen atoms in total. The molecule has 0 unspecified atom stereocenters. The molecule has 4 rings (SSSR count). The summed E-state index contributed by atoms with van der Waals surface area (Å²) in [4.78, 5) is 18.5. The maximum Gasteiger partial charge on any atom is 0.264 e. The van der Waals surface area contributed by atoms with Gasteiger partial charge in [0.1, 0.15) is 33.7 Å². The van der Waals surface area contributed by atoms with Gasteiger partial charge in [-0.2, -0.15) is 13.5 Å². The van der Waals surface area contributed by atoms with Crippen LogP contribution >= 0.6 is 31.9 Å².